The van der Waals surface area contributed by atoms with Gasteiger partial charge in [0, 0.05) is 30.9 Å². The second-order valence-electron chi connectivity index (χ2n) is 4.17. The van der Waals surface area contributed by atoms with E-state index in [4.69, 9.17) is 5.73 Å². The fraction of sp³-hybridized carbons (Fsp3) is 0.0769. The van der Waals surface area contributed by atoms with Crippen LogP contribution in [-0.2, 0) is 7.05 Å². The Hall–Kier alpha value is -2.70. The molecule has 1 heterocycles. The van der Waals surface area contributed by atoms with Crippen molar-refractivity contribution in [2.45, 2.75) is 0 Å². The van der Waals surface area contributed by atoms with Gasteiger partial charge in [-0.05, 0) is 12.1 Å². The molecule has 1 aromatic heterocycles. The van der Waals surface area contributed by atoms with E-state index < -0.39 is 17.5 Å². The van der Waals surface area contributed by atoms with Gasteiger partial charge in [-0.15, -0.1) is 0 Å². The molecule has 104 valence electrons. The Labute approximate surface area is 112 Å². The molecule has 7 heteroatoms. The number of nitrogens with one attached hydrogen (secondary N) is 1. The maximum Gasteiger partial charge on any atom is 0.255 e. The Morgan fingerprint density at radius 3 is 2.60 bits per heavy atom. The van der Waals surface area contributed by atoms with Gasteiger partial charge in [-0.2, -0.15) is 0 Å². The number of hydrogen-bond donors (Lipinski definition) is 2. The van der Waals surface area contributed by atoms with Crippen LogP contribution in [0.1, 0.15) is 10.4 Å². The number of aryl methyl sites for hydroxylation is 1. The summed E-state index contributed by atoms with van der Waals surface area (Å²) in [7, 11) is 1.53. The number of nitrogens with zero attached hydrogens (tertiary/aromatic N) is 1. The van der Waals surface area contributed by atoms with Crippen molar-refractivity contribution in [3.63, 3.8) is 0 Å². The molecular weight excluding hydrogens is 268 g/mol. The molecule has 1 amide bonds. The second kappa shape index (κ2) is 5.12. The van der Waals surface area contributed by atoms with E-state index >= 15 is 0 Å². The van der Waals surface area contributed by atoms with Crippen LogP contribution in [0.5, 0.6) is 0 Å². The molecule has 0 aliphatic carbocycles. The molecule has 0 atom stereocenters. The van der Waals surface area contributed by atoms with Crippen molar-refractivity contribution in [1.29, 1.82) is 0 Å². The van der Waals surface area contributed by atoms with Gasteiger partial charge in [0.05, 0.1) is 11.4 Å². The van der Waals surface area contributed by atoms with E-state index in [0.717, 1.165) is 12.1 Å². The van der Waals surface area contributed by atoms with Crippen molar-refractivity contribution in [3.05, 3.63) is 58.0 Å². The lowest BCUT2D eigenvalue weighted by Gasteiger charge is -2.08. The highest BCUT2D eigenvalue weighted by Crippen LogP contribution is 2.21. The van der Waals surface area contributed by atoms with Crippen LogP contribution in [0.2, 0.25) is 0 Å². The quantitative estimate of drug-likeness (QED) is 0.818. The highest BCUT2D eigenvalue weighted by Gasteiger charge is 2.12. The smallest absolute Gasteiger partial charge is 0.255 e. The normalized spacial score (nSPS) is 10.3. The average molecular weight is 279 g/mol. The van der Waals surface area contributed by atoms with Crippen LogP contribution in [-0.4, -0.2) is 10.5 Å². The second-order valence-corrected chi connectivity index (χ2v) is 4.17. The molecule has 0 aliphatic heterocycles. The molecule has 0 bridgehead atoms. The standard InChI is InChI=1S/C13H11F2N3O2/c1-18-3-2-7(4-12(18)19)13(20)17-11-6-10(16)8(14)5-9(11)15/h2-6H,16H2,1H3,(H,17,20). The highest BCUT2D eigenvalue weighted by atomic mass is 19.1. The van der Waals surface area contributed by atoms with Gasteiger partial charge in [-0.3, -0.25) is 9.59 Å². The van der Waals surface area contributed by atoms with Crippen LogP contribution in [0, 0.1) is 11.6 Å². The maximum atomic E-state index is 13.5. The number of nitrogen functional groups attached to an aromatic ring is 1. The van der Waals surface area contributed by atoms with Crippen molar-refractivity contribution in [3.8, 4) is 0 Å². The van der Waals surface area contributed by atoms with E-state index in [1.54, 1.807) is 0 Å². The molecule has 0 fully saturated rings. The highest BCUT2D eigenvalue weighted by molar-refractivity contribution is 6.04. The maximum absolute atomic E-state index is 13.5. The Morgan fingerprint density at radius 2 is 1.95 bits per heavy atom. The fourth-order valence-corrected chi connectivity index (χ4v) is 1.55. The van der Waals surface area contributed by atoms with Gasteiger partial charge in [0.25, 0.3) is 11.5 Å². The minimum absolute atomic E-state index is 0.0652. The predicted molar refractivity (Wildman–Crippen MR) is 70.4 cm³/mol. The predicted octanol–water partition coefficient (Wildman–Crippen LogP) is 1.50. The minimum atomic E-state index is -0.950. The van der Waals surface area contributed by atoms with Crippen LogP contribution in [0.4, 0.5) is 20.2 Å². The number of anilines is 2. The lowest BCUT2D eigenvalue weighted by molar-refractivity contribution is 0.102. The summed E-state index contributed by atoms with van der Waals surface area (Å²) in [5.74, 6) is -2.55. The number of halogens is 2. The lowest BCUT2D eigenvalue weighted by atomic mass is 10.2. The SMILES string of the molecule is Cn1ccc(C(=O)Nc2cc(N)c(F)cc2F)cc1=O. The van der Waals surface area contributed by atoms with Gasteiger partial charge < -0.3 is 15.6 Å². The molecular formula is C13H11F2N3O2. The molecule has 0 spiro atoms. The van der Waals surface area contributed by atoms with E-state index in [-0.39, 0.29) is 22.5 Å². The van der Waals surface area contributed by atoms with Crippen LogP contribution in [0.15, 0.2) is 35.3 Å². The number of benzene rings is 1. The molecule has 2 aromatic rings. The van der Waals surface area contributed by atoms with Crippen molar-refractivity contribution in [2.75, 3.05) is 11.1 Å². The number of carbonyl (C=O) groups is 1. The first-order chi connectivity index (χ1) is 9.38. The van der Waals surface area contributed by atoms with Crippen molar-refractivity contribution in [1.82, 2.24) is 4.57 Å². The summed E-state index contributed by atoms with van der Waals surface area (Å²) in [5, 5.41) is 2.23. The lowest BCUT2D eigenvalue weighted by Crippen LogP contribution is -2.20. The number of nitrogens with two attached hydrogens (primary N) is 1. The van der Waals surface area contributed by atoms with E-state index in [1.807, 2.05) is 0 Å². The van der Waals surface area contributed by atoms with Crippen LogP contribution in [0.25, 0.3) is 0 Å². The molecule has 0 saturated heterocycles. The fourth-order valence-electron chi connectivity index (χ4n) is 1.55. The zero-order chi connectivity index (χ0) is 14.9. The molecule has 3 N–H and O–H groups in total. The Morgan fingerprint density at radius 1 is 1.25 bits per heavy atom. The number of pyridine rings is 1. The van der Waals surface area contributed by atoms with E-state index in [0.29, 0.717) is 6.07 Å². The molecule has 1 aromatic carbocycles. The zero-order valence-electron chi connectivity index (χ0n) is 10.5. The van der Waals surface area contributed by atoms with E-state index in [1.165, 1.54) is 23.9 Å². The van der Waals surface area contributed by atoms with Crippen molar-refractivity contribution >= 4 is 17.3 Å². The van der Waals surface area contributed by atoms with Crippen LogP contribution in [0.3, 0.4) is 0 Å². The van der Waals surface area contributed by atoms with Crippen LogP contribution >= 0.6 is 0 Å². The van der Waals surface area contributed by atoms with Crippen molar-refractivity contribution < 1.29 is 13.6 Å². The van der Waals surface area contributed by atoms with Gasteiger partial charge in [0.2, 0.25) is 0 Å². The summed E-state index contributed by atoms with van der Waals surface area (Å²) in [6.45, 7) is 0. The van der Waals surface area contributed by atoms with Gasteiger partial charge in [0.15, 0.2) is 0 Å². The Kier molecular flexibility index (Phi) is 3.51. The summed E-state index contributed by atoms with van der Waals surface area (Å²) in [6, 6.07) is 4.07. The van der Waals surface area contributed by atoms with Gasteiger partial charge in [0.1, 0.15) is 11.6 Å². The van der Waals surface area contributed by atoms with Crippen molar-refractivity contribution in [2.24, 2.45) is 7.05 Å². The first-order valence-corrected chi connectivity index (χ1v) is 5.61. The molecule has 2 rings (SSSR count). The van der Waals surface area contributed by atoms with Gasteiger partial charge in [-0.1, -0.05) is 0 Å². The zero-order valence-corrected chi connectivity index (χ0v) is 10.5. The molecule has 20 heavy (non-hydrogen) atoms. The third-order valence-electron chi connectivity index (χ3n) is 2.70. The summed E-state index contributed by atoms with van der Waals surface area (Å²) in [5.41, 5.74) is 4.45. The first-order valence-electron chi connectivity index (χ1n) is 5.61. The summed E-state index contributed by atoms with van der Waals surface area (Å²) >= 11 is 0. The molecule has 0 radical (unpaired) electrons. The van der Waals surface area contributed by atoms with Crippen LogP contribution < -0.4 is 16.6 Å². The van der Waals surface area contributed by atoms with E-state index in [2.05, 4.69) is 5.32 Å². The average Bonchev–Trinajstić information content (AvgIpc) is 2.39. The topological polar surface area (TPSA) is 77.1 Å². The first kappa shape index (κ1) is 13.7. The largest absolute Gasteiger partial charge is 0.396 e. The molecule has 0 saturated carbocycles. The minimum Gasteiger partial charge on any atom is -0.396 e. The molecule has 0 aliphatic rings. The van der Waals surface area contributed by atoms with Gasteiger partial charge >= 0.3 is 0 Å². The number of aromatic nitrogens is 1. The monoisotopic (exact) mass is 279 g/mol. The summed E-state index contributed by atoms with van der Waals surface area (Å²) in [4.78, 5) is 23.3. The third-order valence-corrected chi connectivity index (χ3v) is 2.70. The summed E-state index contributed by atoms with van der Waals surface area (Å²) < 4.78 is 27.8. The number of rotatable bonds is 2. The number of hydrogen-bond acceptors (Lipinski definition) is 3. The Bertz CT molecular complexity index is 741. The van der Waals surface area contributed by atoms with E-state index in [9.17, 15) is 18.4 Å². The molecule has 0 unspecified atom stereocenters. The summed E-state index contributed by atoms with van der Waals surface area (Å²) in [6.07, 6.45) is 1.41. The number of amides is 1. The Balaban J connectivity index is 2.30. The van der Waals surface area contributed by atoms with Gasteiger partial charge in [-0.25, -0.2) is 8.78 Å². The third kappa shape index (κ3) is 2.66. The number of carbonyl (C=O) groups excluding carboxylic acids is 1. The molecule has 5 nitrogen and oxygen atoms in total.